The summed E-state index contributed by atoms with van der Waals surface area (Å²) >= 11 is 2.92. The molecule has 1 atom stereocenters. The van der Waals surface area contributed by atoms with E-state index in [1.165, 1.54) is 23.1 Å². The molecule has 3 heterocycles. The number of amides is 1. The van der Waals surface area contributed by atoms with Gasteiger partial charge in [0.05, 0.1) is 17.7 Å². The molecule has 0 saturated carbocycles. The van der Waals surface area contributed by atoms with Crippen LogP contribution < -0.4 is 10.3 Å². The fraction of sp³-hybridized carbons (Fsp3) is 0.348. The number of hydrogen-bond acceptors (Lipinski definition) is 6. The van der Waals surface area contributed by atoms with E-state index in [-0.39, 0.29) is 16.7 Å². The molecule has 1 fully saturated rings. The van der Waals surface area contributed by atoms with Crippen molar-refractivity contribution in [3.8, 4) is 5.75 Å². The van der Waals surface area contributed by atoms with E-state index in [0.717, 1.165) is 33.0 Å². The number of thiophene rings is 1. The largest absolute Gasteiger partial charge is 0.497 e. The number of likely N-dealkylation sites (tertiary alicyclic amines) is 1. The Labute approximate surface area is 189 Å². The smallest absolute Gasteiger partial charge is 0.263 e. The lowest BCUT2D eigenvalue weighted by molar-refractivity contribution is -0.127. The molecule has 1 unspecified atom stereocenters. The van der Waals surface area contributed by atoms with Gasteiger partial charge in [-0.1, -0.05) is 30.0 Å². The van der Waals surface area contributed by atoms with Crippen LogP contribution in [0.3, 0.4) is 0 Å². The fourth-order valence-corrected chi connectivity index (χ4v) is 5.98. The fourth-order valence-electron chi connectivity index (χ4n) is 3.74. The van der Waals surface area contributed by atoms with Crippen molar-refractivity contribution in [2.24, 2.45) is 0 Å². The zero-order chi connectivity index (χ0) is 22.1. The first-order valence-electron chi connectivity index (χ1n) is 10.1. The van der Waals surface area contributed by atoms with Crippen molar-refractivity contribution in [2.75, 3.05) is 13.7 Å². The van der Waals surface area contributed by atoms with Crippen LogP contribution in [0.2, 0.25) is 0 Å². The summed E-state index contributed by atoms with van der Waals surface area (Å²) in [6.45, 7) is 9.37. The van der Waals surface area contributed by atoms with Crippen molar-refractivity contribution in [1.82, 2.24) is 14.5 Å². The Balaban J connectivity index is 1.57. The number of aromatic nitrogens is 2. The lowest BCUT2D eigenvalue weighted by atomic mass is 10.2. The molecule has 0 aliphatic carbocycles. The first-order valence-corrected chi connectivity index (χ1v) is 11.8. The van der Waals surface area contributed by atoms with E-state index >= 15 is 0 Å². The van der Waals surface area contributed by atoms with Crippen molar-refractivity contribution in [3.63, 3.8) is 0 Å². The first-order chi connectivity index (χ1) is 14.9. The number of benzene rings is 1. The highest BCUT2D eigenvalue weighted by molar-refractivity contribution is 8.00. The summed E-state index contributed by atoms with van der Waals surface area (Å²) in [6.07, 6.45) is 2.42. The number of rotatable bonds is 7. The van der Waals surface area contributed by atoms with Gasteiger partial charge in [-0.2, -0.15) is 0 Å². The van der Waals surface area contributed by atoms with Gasteiger partial charge in [0.2, 0.25) is 5.91 Å². The molecule has 8 heteroatoms. The predicted molar refractivity (Wildman–Crippen MR) is 126 cm³/mol. The number of carbonyl (C=O) groups excluding carboxylic acids is 1. The topological polar surface area (TPSA) is 64.4 Å². The highest BCUT2D eigenvalue weighted by Crippen LogP contribution is 2.33. The average molecular weight is 456 g/mol. The first kappa shape index (κ1) is 21.6. The van der Waals surface area contributed by atoms with Crippen LogP contribution >= 0.6 is 23.1 Å². The van der Waals surface area contributed by atoms with Crippen LogP contribution in [-0.2, 0) is 17.9 Å². The predicted octanol–water partition coefficient (Wildman–Crippen LogP) is 4.16. The minimum Gasteiger partial charge on any atom is -0.497 e. The summed E-state index contributed by atoms with van der Waals surface area (Å²) in [5.41, 5.74) is 1.98. The highest BCUT2D eigenvalue weighted by atomic mass is 32.2. The molecule has 1 amide bonds. The second-order valence-electron chi connectivity index (χ2n) is 7.57. The van der Waals surface area contributed by atoms with Crippen molar-refractivity contribution in [2.45, 2.75) is 43.8 Å². The maximum atomic E-state index is 13.1. The Kier molecular flexibility index (Phi) is 6.20. The third-order valence-electron chi connectivity index (χ3n) is 5.59. The Morgan fingerprint density at radius 2 is 2.03 bits per heavy atom. The van der Waals surface area contributed by atoms with Gasteiger partial charge in [0.15, 0.2) is 5.16 Å². The van der Waals surface area contributed by atoms with Gasteiger partial charge in [0, 0.05) is 24.5 Å². The van der Waals surface area contributed by atoms with Crippen LogP contribution in [0.4, 0.5) is 0 Å². The van der Waals surface area contributed by atoms with E-state index in [4.69, 9.17) is 9.72 Å². The Morgan fingerprint density at radius 3 is 2.71 bits per heavy atom. The highest BCUT2D eigenvalue weighted by Gasteiger charge is 2.33. The number of thioether (sulfide) groups is 1. The summed E-state index contributed by atoms with van der Waals surface area (Å²) < 4.78 is 6.84. The molecule has 6 nitrogen and oxygen atoms in total. The standard InChI is InChI=1S/C23H25N3O3S2/c1-5-11-26-22(28)19-14(2)15(3)30-20(19)24-23(26)31-18-10-12-25(21(18)27)13-16-6-8-17(29-4)9-7-16/h5-9,18H,1,10-13H2,2-4H3. The molecule has 1 saturated heterocycles. The maximum Gasteiger partial charge on any atom is 0.263 e. The summed E-state index contributed by atoms with van der Waals surface area (Å²) in [7, 11) is 1.64. The van der Waals surface area contributed by atoms with Crippen LogP contribution in [0, 0.1) is 13.8 Å². The maximum absolute atomic E-state index is 13.1. The number of carbonyl (C=O) groups is 1. The van der Waals surface area contributed by atoms with E-state index in [9.17, 15) is 9.59 Å². The van der Waals surface area contributed by atoms with Crippen molar-refractivity contribution >= 4 is 39.2 Å². The molecule has 4 rings (SSSR count). The molecule has 0 N–H and O–H groups in total. The minimum atomic E-state index is -0.249. The number of fused-ring (bicyclic) bond motifs is 1. The molecule has 1 aliphatic heterocycles. The lowest BCUT2D eigenvalue weighted by Gasteiger charge is -2.17. The SMILES string of the molecule is C=CCn1c(SC2CCN(Cc3ccc(OC)cc3)C2=O)nc2sc(C)c(C)c2c1=O. The molecule has 31 heavy (non-hydrogen) atoms. The molecule has 0 bridgehead atoms. The molecule has 0 radical (unpaired) electrons. The van der Waals surface area contributed by atoms with Crippen molar-refractivity contribution in [1.29, 1.82) is 0 Å². The van der Waals surface area contributed by atoms with Crippen LogP contribution in [0.1, 0.15) is 22.4 Å². The second kappa shape index (κ2) is 8.88. The number of nitrogens with zero attached hydrogens (tertiary/aromatic N) is 3. The van der Waals surface area contributed by atoms with Gasteiger partial charge < -0.3 is 9.64 Å². The van der Waals surface area contributed by atoms with E-state index in [0.29, 0.717) is 30.2 Å². The van der Waals surface area contributed by atoms with Gasteiger partial charge in [-0.25, -0.2) is 4.98 Å². The van der Waals surface area contributed by atoms with E-state index in [2.05, 4.69) is 6.58 Å². The quantitative estimate of drug-likeness (QED) is 0.395. The molecule has 1 aliphatic rings. The van der Waals surface area contributed by atoms with Crippen LogP contribution in [-0.4, -0.2) is 39.3 Å². The van der Waals surface area contributed by atoms with E-state index in [1.54, 1.807) is 17.8 Å². The van der Waals surface area contributed by atoms with Crippen LogP contribution in [0.25, 0.3) is 10.2 Å². The number of allylic oxidation sites excluding steroid dienone is 1. The van der Waals surface area contributed by atoms with Crippen LogP contribution in [0.15, 0.2) is 46.9 Å². The molecule has 0 spiro atoms. The molecule has 1 aromatic carbocycles. The van der Waals surface area contributed by atoms with Gasteiger partial charge in [-0.15, -0.1) is 17.9 Å². The summed E-state index contributed by atoms with van der Waals surface area (Å²) in [4.78, 5) is 34.7. The van der Waals surface area contributed by atoms with Crippen LogP contribution in [0.5, 0.6) is 5.75 Å². The van der Waals surface area contributed by atoms with Crippen molar-refractivity contribution in [3.05, 3.63) is 63.3 Å². The summed E-state index contributed by atoms with van der Waals surface area (Å²) in [6, 6.07) is 7.76. The van der Waals surface area contributed by atoms with E-state index in [1.807, 2.05) is 43.0 Å². The molecule has 2 aromatic heterocycles. The van der Waals surface area contributed by atoms with Gasteiger partial charge in [-0.3, -0.25) is 14.2 Å². The number of ether oxygens (including phenoxy) is 1. The Morgan fingerprint density at radius 1 is 1.29 bits per heavy atom. The zero-order valence-electron chi connectivity index (χ0n) is 17.9. The van der Waals surface area contributed by atoms with Crippen molar-refractivity contribution < 1.29 is 9.53 Å². The number of aryl methyl sites for hydroxylation is 2. The lowest BCUT2D eigenvalue weighted by Crippen LogP contribution is -2.29. The Bertz CT molecular complexity index is 1200. The molecule has 162 valence electrons. The average Bonchev–Trinajstić information content (AvgIpc) is 3.24. The second-order valence-corrected chi connectivity index (χ2v) is 9.94. The molecular formula is C23H25N3O3S2. The number of hydrogen-bond donors (Lipinski definition) is 0. The molecule has 3 aromatic rings. The van der Waals surface area contributed by atoms with Gasteiger partial charge in [0.25, 0.3) is 5.56 Å². The Hall–Kier alpha value is -2.58. The summed E-state index contributed by atoms with van der Waals surface area (Å²) in [5, 5.41) is 1.01. The third kappa shape index (κ3) is 4.14. The van der Waals surface area contributed by atoms with Gasteiger partial charge in [0.1, 0.15) is 10.6 Å². The monoisotopic (exact) mass is 455 g/mol. The van der Waals surface area contributed by atoms with Gasteiger partial charge >= 0.3 is 0 Å². The third-order valence-corrected chi connectivity index (χ3v) is 7.94. The van der Waals surface area contributed by atoms with Gasteiger partial charge in [-0.05, 0) is 43.5 Å². The van der Waals surface area contributed by atoms with E-state index < -0.39 is 0 Å². The molecular weight excluding hydrogens is 430 g/mol. The number of methoxy groups -OCH3 is 1. The summed E-state index contributed by atoms with van der Waals surface area (Å²) in [5.74, 6) is 0.879. The minimum absolute atomic E-state index is 0.0604. The zero-order valence-corrected chi connectivity index (χ0v) is 19.5. The normalized spacial score (nSPS) is 16.3.